The van der Waals surface area contributed by atoms with Crippen molar-refractivity contribution in [1.29, 1.82) is 0 Å². The summed E-state index contributed by atoms with van der Waals surface area (Å²) in [6, 6.07) is 0.331. The summed E-state index contributed by atoms with van der Waals surface area (Å²) in [5.41, 5.74) is 0.538. The topological polar surface area (TPSA) is 38.3 Å². The van der Waals surface area contributed by atoms with Gasteiger partial charge in [0.2, 0.25) is 5.91 Å². The first-order chi connectivity index (χ1) is 8.38. The number of carbonyl (C=O) groups excluding carboxylic acids is 1. The molecule has 5 atom stereocenters. The highest BCUT2D eigenvalue weighted by Gasteiger charge is 2.67. The molecule has 3 fully saturated rings. The predicted octanol–water partition coefficient (Wildman–Crippen LogP) is 2.35. The number of carbonyl (C=O) groups is 1. The molecule has 2 saturated carbocycles. The van der Waals surface area contributed by atoms with Gasteiger partial charge in [-0.2, -0.15) is 0 Å². The van der Waals surface area contributed by atoms with E-state index in [1.54, 1.807) is 6.92 Å². The van der Waals surface area contributed by atoms with Crippen LogP contribution in [0.4, 0.5) is 0 Å². The van der Waals surface area contributed by atoms with Crippen LogP contribution in [0.15, 0.2) is 0 Å². The summed E-state index contributed by atoms with van der Waals surface area (Å²) in [5.74, 6) is 1.50. The second kappa shape index (κ2) is 3.72. The van der Waals surface area contributed by atoms with Gasteiger partial charge in [-0.1, -0.05) is 13.8 Å². The molecule has 1 unspecified atom stereocenters. The van der Waals surface area contributed by atoms with Crippen molar-refractivity contribution in [2.75, 3.05) is 6.61 Å². The minimum absolute atomic E-state index is 0.118. The van der Waals surface area contributed by atoms with Crippen molar-refractivity contribution in [2.24, 2.45) is 22.7 Å². The van der Waals surface area contributed by atoms with E-state index in [1.807, 2.05) is 0 Å². The summed E-state index contributed by atoms with van der Waals surface area (Å²) in [6.07, 6.45) is 4.04. The van der Waals surface area contributed by atoms with Gasteiger partial charge >= 0.3 is 0 Å². The van der Waals surface area contributed by atoms with Crippen molar-refractivity contribution >= 4 is 5.91 Å². The first-order valence-corrected chi connectivity index (χ1v) is 7.26. The molecule has 1 amide bonds. The Morgan fingerprint density at radius 2 is 2.11 bits per heavy atom. The first-order valence-electron chi connectivity index (χ1n) is 7.26. The molecule has 1 spiro atoms. The van der Waals surface area contributed by atoms with E-state index in [9.17, 15) is 4.79 Å². The van der Waals surface area contributed by atoms with E-state index in [-0.39, 0.29) is 11.3 Å². The summed E-state index contributed by atoms with van der Waals surface area (Å²) < 4.78 is 5.85. The van der Waals surface area contributed by atoms with Crippen molar-refractivity contribution < 1.29 is 9.53 Å². The number of nitrogens with one attached hydrogen (secondary N) is 1. The lowest BCUT2D eigenvalue weighted by Gasteiger charge is -2.52. The first kappa shape index (κ1) is 12.5. The van der Waals surface area contributed by atoms with Crippen molar-refractivity contribution in [3.63, 3.8) is 0 Å². The van der Waals surface area contributed by atoms with Crippen LogP contribution in [0.1, 0.15) is 47.0 Å². The van der Waals surface area contributed by atoms with Crippen LogP contribution in [-0.2, 0) is 9.53 Å². The van der Waals surface area contributed by atoms with E-state index in [0.717, 1.165) is 18.9 Å². The molecule has 3 heteroatoms. The minimum atomic E-state index is 0.118. The Morgan fingerprint density at radius 3 is 2.78 bits per heavy atom. The Balaban J connectivity index is 1.97. The number of amides is 1. The van der Waals surface area contributed by atoms with Crippen molar-refractivity contribution in [3.05, 3.63) is 0 Å². The molecule has 0 radical (unpaired) electrons. The Hall–Kier alpha value is -0.570. The number of rotatable bonds is 1. The highest BCUT2D eigenvalue weighted by atomic mass is 16.5. The summed E-state index contributed by atoms with van der Waals surface area (Å²) in [6.45, 7) is 9.39. The molecule has 102 valence electrons. The minimum Gasteiger partial charge on any atom is -0.378 e. The van der Waals surface area contributed by atoms with Gasteiger partial charge in [-0.3, -0.25) is 4.79 Å². The number of hydrogen-bond acceptors (Lipinski definition) is 2. The summed E-state index contributed by atoms with van der Waals surface area (Å²) in [7, 11) is 0. The van der Waals surface area contributed by atoms with Gasteiger partial charge in [-0.15, -0.1) is 0 Å². The summed E-state index contributed by atoms with van der Waals surface area (Å²) in [4.78, 5) is 11.6. The van der Waals surface area contributed by atoms with Crippen LogP contribution in [0.3, 0.4) is 0 Å². The fraction of sp³-hybridized carbons (Fsp3) is 0.933. The molecule has 1 saturated heterocycles. The molecule has 2 aliphatic carbocycles. The summed E-state index contributed by atoms with van der Waals surface area (Å²) in [5, 5.41) is 3.28. The van der Waals surface area contributed by atoms with Gasteiger partial charge in [0.25, 0.3) is 0 Å². The molecule has 1 heterocycles. The van der Waals surface area contributed by atoms with Crippen LogP contribution < -0.4 is 5.32 Å². The maximum Gasteiger partial charge on any atom is 0.217 e. The Morgan fingerprint density at radius 1 is 1.39 bits per heavy atom. The fourth-order valence-electron chi connectivity index (χ4n) is 5.28. The lowest BCUT2D eigenvalue weighted by Crippen LogP contribution is -2.59. The maximum absolute atomic E-state index is 11.6. The van der Waals surface area contributed by atoms with E-state index in [4.69, 9.17) is 4.74 Å². The van der Waals surface area contributed by atoms with E-state index >= 15 is 0 Å². The standard InChI is InChI=1S/C15H25NO2/c1-9-12-7-11-8-15(12,5-6-18-9)13(14(11,3)4)16-10(2)17/h9,11-13H,5-8H2,1-4H3,(H,16,17)/t9-,11-,12-,13+,15?/m1/s1. The second-order valence-corrected chi connectivity index (χ2v) is 7.26. The predicted molar refractivity (Wildman–Crippen MR) is 70.1 cm³/mol. The van der Waals surface area contributed by atoms with Gasteiger partial charge in [0, 0.05) is 19.6 Å². The Kier molecular flexibility index (Phi) is 2.58. The fourth-order valence-corrected chi connectivity index (χ4v) is 5.28. The molecule has 1 aliphatic heterocycles. The van der Waals surface area contributed by atoms with Gasteiger partial charge < -0.3 is 10.1 Å². The maximum atomic E-state index is 11.6. The molecule has 3 rings (SSSR count). The van der Waals surface area contributed by atoms with Crippen molar-refractivity contribution in [2.45, 2.75) is 59.1 Å². The van der Waals surface area contributed by atoms with Gasteiger partial charge in [0.1, 0.15) is 0 Å². The van der Waals surface area contributed by atoms with Crippen LogP contribution in [0.5, 0.6) is 0 Å². The number of ether oxygens (including phenoxy) is 1. The van der Waals surface area contributed by atoms with Gasteiger partial charge in [0.15, 0.2) is 0 Å². The lowest BCUT2D eigenvalue weighted by atomic mass is 9.59. The monoisotopic (exact) mass is 251 g/mol. The molecule has 0 aromatic carbocycles. The van der Waals surface area contributed by atoms with Crippen LogP contribution >= 0.6 is 0 Å². The largest absolute Gasteiger partial charge is 0.378 e. The Labute approximate surface area is 110 Å². The van der Waals surface area contributed by atoms with E-state index < -0.39 is 0 Å². The van der Waals surface area contributed by atoms with Crippen molar-refractivity contribution in [1.82, 2.24) is 5.32 Å². The zero-order valence-electron chi connectivity index (χ0n) is 12.0. The van der Waals surface area contributed by atoms with E-state index in [0.29, 0.717) is 23.5 Å². The molecular formula is C15H25NO2. The molecule has 18 heavy (non-hydrogen) atoms. The number of fused-ring (bicyclic) bond motifs is 1. The molecular weight excluding hydrogens is 226 g/mol. The van der Waals surface area contributed by atoms with Gasteiger partial charge in [-0.05, 0) is 48.9 Å². The van der Waals surface area contributed by atoms with Crippen molar-refractivity contribution in [3.8, 4) is 0 Å². The van der Waals surface area contributed by atoms with Crippen LogP contribution in [0.2, 0.25) is 0 Å². The van der Waals surface area contributed by atoms with Crippen LogP contribution in [0, 0.1) is 22.7 Å². The van der Waals surface area contributed by atoms with Gasteiger partial charge in [-0.25, -0.2) is 0 Å². The zero-order valence-corrected chi connectivity index (χ0v) is 12.0. The molecule has 1 N–H and O–H groups in total. The third-order valence-electron chi connectivity index (χ3n) is 6.14. The Bertz CT molecular complexity index is 379. The molecule has 0 aromatic rings. The number of hydrogen-bond donors (Lipinski definition) is 1. The van der Waals surface area contributed by atoms with Crippen LogP contribution in [-0.4, -0.2) is 24.7 Å². The quantitative estimate of drug-likeness (QED) is 0.777. The summed E-state index contributed by atoms with van der Waals surface area (Å²) >= 11 is 0. The molecule has 3 aliphatic rings. The highest BCUT2D eigenvalue weighted by Crippen LogP contribution is 2.68. The average Bonchev–Trinajstić information content (AvgIpc) is 2.74. The third-order valence-corrected chi connectivity index (χ3v) is 6.14. The average molecular weight is 251 g/mol. The second-order valence-electron chi connectivity index (χ2n) is 7.26. The van der Waals surface area contributed by atoms with E-state index in [1.165, 1.54) is 12.8 Å². The normalized spacial score (nSPS) is 48.9. The SMILES string of the molecule is CC(=O)N[C@H]1C(C)(C)[C@@H]2C[C@@H]3[C@@H](C)OCCC31C2. The van der Waals surface area contributed by atoms with E-state index in [2.05, 4.69) is 26.1 Å². The lowest BCUT2D eigenvalue weighted by molar-refractivity contribution is -0.132. The molecule has 2 bridgehead atoms. The highest BCUT2D eigenvalue weighted by molar-refractivity contribution is 5.73. The zero-order chi connectivity index (χ0) is 13.1. The molecule has 3 nitrogen and oxygen atoms in total. The molecule has 0 aromatic heterocycles. The van der Waals surface area contributed by atoms with Crippen LogP contribution in [0.25, 0.3) is 0 Å². The third kappa shape index (κ3) is 1.43. The smallest absolute Gasteiger partial charge is 0.217 e. The van der Waals surface area contributed by atoms with Gasteiger partial charge in [0.05, 0.1) is 6.10 Å².